The van der Waals surface area contributed by atoms with Gasteiger partial charge in [0.05, 0.1) is 5.75 Å². The molecule has 0 spiro atoms. The average molecular weight is 187 g/mol. The summed E-state index contributed by atoms with van der Waals surface area (Å²) in [5.41, 5.74) is 0.347. The third kappa shape index (κ3) is 2.62. The minimum Gasteiger partial charge on any atom is -0.253 e. The van der Waals surface area contributed by atoms with Crippen molar-refractivity contribution in [2.75, 3.05) is 6.26 Å². The van der Waals surface area contributed by atoms with Crippen LogP contribution in [0.1, 0.15) is 5.56 Å². The fraction of sp³-hybridized carbons (Fsp3) is 0.250. The van der Waals surface area contributed by atoms with Crippen LogP contribution in [-0.4, -0.2) is 10.5 Å². The van der Waals surface area contributed by atoms with E-state index in [1.165, 1.54) is 12.3 Å². The molecular weight excluding hydrogens is 177 g/mol. The van der Waals surface area contributed by atoms with Crippen LogP contribution in [0, 0.1) is 10.6 Å². The van der Waals surface area contributed by atoms with E-state index in [1.54, 1.807) is 18.2 Å². The van der Waals surface area contributed by atoms with E-state index >= 15 is 0 Å². The molecule has 0 aliphatic heterocycles. The molecule has 0 radical (unpaired) electrons. The lowest BCUT2D eigenvalue weighted by atomic mass is 10.2. The summed E-state index contributed by atoms with van der Waals surface area (Å²) in [6.07, 6.45) is 1.31. The second kappa shape index (κ2) is 3.23. The lowest BCUT2D eigenvalue weighted by Crippen LogP contribution is -2.00. The van der Waals surface area contributed by atoms with E-state index in [0.29, 0.717) is 5.56 Å². The Morgan fingerprint density at radius 2 is 2.08 bits per heavy atom. The van der Waals surface area contributed by atoms with Crippen molar-refractivity contribution in [3.05, 3.63) is 35.6 Å². The summed E-state index contributed by atoms with van der Waals surface area (Å²) in [6, 6.07) is 6.09. The minimum atomic E-state index is -2.64. The second-order valence-corrected chi connectivity index (χ2v) is 5.04. The normalized spacial score (nSPS) is 15.5. The zero-order chi connectivity index (χ0) is 9.19. The maximum atomic E-state index is 12.9. The summed E-state index contributed by atoms with van der Waals surface area (Å²) in [4.78, 5) is 0. The molecule has 1 unspecified atom stereocenters. The van der Waals surface area contributed by atoms with Crippen LogP contribution in [0.4, 0.5) is 4.39 Å². The number of benzene rings is 1. The summed E-state index contributed by atoms with van der Waals surface area (Å²) >= 11 is 0. The van der Waals surface area contributed by atoms with Gasteiger partial charge in [0.2, 0.25) is 0 Å². The predicted octanol–water partition coefficient (Wildman–Crippen LogP) is 2.00. The van der Waals surface area contributed by atoms with Gasteiger partial charge in [-0.3, -0.25) is 4.78 Å². The highest BCUT2D eigenvalue weighted by Gasteiger charge is 2.04. The van der Waals surface area contributed by atoms with Gasteiger partial charge in [-0.05, 0) is 6.07 Å². The van der Waals surface area contributed by atoms with Crippen molar-refractivity contribution in [2.24, 2.45) is 0 Å². The Bertz CT molecular complexity index is 372. The van der Waals surface area contributed by atoms with Gasteiger partial charge >= 0.3 is 0 Å². The van der Waals surface area contributed by atoms with Gasteiger partial charge in [-0.25, -0.2) is 8.60 Å². The quantitative estimate of drug-likeness (QED) is 0.755. The van der Waals surface area contributed by atoms with Gasteiger partial charge in [-0.15, -0.1) is 0 Å². The molecule has 0 heterocycles. The maximum Gasteiger partial charge on any atom is 0.127 e. The SMILES string of the molecule is CS(=N)(=O)Cc1ccccc1F. The van der Waals surface area contributed by atoms with Gasteiger partial charge in [-0.2, -0.15) is 0 Å². The maximum absolute atomic E-state index is 12.9. The third-order valence-electron chi connectivity index (χ3n) is 1.39. The predicted molar refractivity (Wildman–Crippen MR) is 46.9 cm³/mol. The van der Waals surface area contributed by atoms with Crippen LogP contribution in [0.5, 0.6) is 0 Å². The molecule has 0 saturated heterocycles. The zero-order valence-corrected chi connectivity index (χ0v) is 7.53. The van der Waals surface area contributed by atoms with Crippen LogP contribution in [0.2, 0.25) is 0 Å². The smallest absolute Gasteiger partial charge is 0.127 e. The molecule has 1 rings (SSSR count). The van der Waals surface area contributed by atoms with Gasteiger partial charge in [0.25, 0.3) is 0 Å². The molecule has 0 bridgehead atoms. The van der Waals surface area contributed by atoms with E-state index in [9.17, 15) is 8.60 Å². The summed E-state index contributed by atoms with van der Waals surface area (Å²) in [7, 11) is -2.64. The Morgan fingerprint density at radius 3 is 2.58 bits per heavy atom. The number of nitrogens with one attached hydrogen (secondary N) is 1. The fourth-order valence-corrected chi connectivity index (χ4v) is 1.74. The van der Waals surface area contributed by atoms with Gasteiger partial charge in [0.1, 0.15) is 5.82 Å². The summed E-state index contributed by atoms with van der Waals surface area (Å²) in [5, 5.41) is 0. The van der Waals surface area contributed by atoms with Crippen molar-refractivity contribution in [3.63, 3.8) is 0 Å². The highest BCUT2D eigenvalue weighted by molar-refractivity contribution is 7.90. The molecule has 0 aliphatic carbocycles. The molecule has 12 heavy (non-hydrogen) atoms. The first-order valence-corrected chi connectivity index (χ1v) is 5.57. The molecule has 1 atom stereocenters. The van der Waals surface area contributed by atoms with E-state index in [4.69, 9.17) is 4.78 Å². The molecule has 4 heteroatoms. The van der Waals surface area contributed by atoms with Crippen molar-refractivity contribution >= 4 is 9.73 Å². The van der Waals surface area contributed by atoms with Crippen LogP contribution >= 0.6 is 0 Å². The van der Waals surface area contributed by atoms with Crippen molar-refractivity contribution in [3.8, 4) is 0 Å². The Hall–Kier alpha value is -0.900. The largest absolute Gasteiger partial charge is 0.253 e. The van der Waals surface area contributed by atoms with Gasteiger partial charge in [0, 0.05) is 21.5 Å². The highest BCUT2D eigenvalue weighted by Crippen LogP contribution is 2.09. The Labute approximate surface area is 71.4 Å². The summed E-state index contributed by atoms with van der Waals surface area (Å²) in [6.45, 7) is 0. The van der Waals surface area contributed by atoms with Crippen LogP contribution in [-0.2, 0) is 15.5 Å². The van der Waals surface area contributed by atoms with Crippen molar-refractivity contribution < 1.29 is 8.60 Å². The van der Waals surface area contributed by atoms with E-state index in [1.807, 2.05) is 0 Å². The van der Waals surface area contributed by atoms with Crippen LogP contribution < -0.4 is 0 Å². The number of halogens is 1. The van der Waals surface area contributed by atoms with Crippen molar-refractivity contribution in [2.45, 2.75) is 5.75 Å². The fourth-order valence-electron chi connectivity index (χ4n) is 0.912. The summed E-state index contributed by atoms with van der Waals surface area (Å²) in [5.74, 6) is -0.404. The topological polar surface area (TPSA) is 40.9 Å². The van der Waals surface area contributed by atoms with Crippen LogP contribution in [0.25, 0.3) is 0 Å². The summed E-state index contributed by atoms with van der Waals surface area (Å²) < 4.78 is 31.0. The first-order valence-electron chi connectivity index (χ1n) is 3.44. The molecule has 1 aromatic carbocycles. The molecule has 0 fully saturated rings. The van der Waals surface area contributed by atoms with Gasteiger partial charge < -0.3 is 0 Å². The monoisotopic (exact) mass is 187 g/mol. The first-order chi connectivity index (χ1) is 5.49. The van der Waals surface area contributed by atoms with Gasteiger partial charge in [0.15, 0.2) is 0 Å². The Morgan fingerprint density at radius 1 is 1.50 bits per heavy atom. The molecule has 1 N–H and O–H groups in total. The number of hydrogen-bond donors (Lipinski definition) is 1. The highest BCUT2D eigenvalue weighted by atomic mass is 32.2. The van der Waals surface area contributed by atoms with Crippen LogP contribution in [0.3, 0.4) is 0 Å². The third-order valence-corrected chi connectivity index (χ3v) is 2.25. The molecule has 0 saturated carbocycles. The van der Waals surface area contributed by atoms with Gasteiger partial charge in [-0.1, -0.05) is 18.2 Å². The molecule has 66 valence electrons. The number of rotatable bonds is 2. The average Bonchev–Trinajstić information content (AvgIpc) is 1.91. The van der Waals surface area contributed by atoms with Crippen molar-refractivity contribution in [1.82, 2.24) is 0 Å². The molecule has 0 aliphatic rings. The molecule has 2 nitrogen and oxygen atoms in total. The Balaban J connectivity index is 2.98. The van der Waals surface area contributed by atoms with E-state index in [-0.39, 0.29) is 11.6 Å². The van der Waals surface area contributed by atoms with E-state index in [0.717, 1.165) is 0 Å². The zero-order valence-electron chi connectivity index (χ0n) is 6.71. The standard InChI is InChI=1S/C8H10FNOS/c1-12(10,11)6-7-4-2-3-5-8(7)9/h2-5,10H,6H2,1H3. The molecule has 0 aromatic heterocycles. The first kappa shape index (κ1) is 9.19. The van der Waals surface area contributed by atoms with E-state index in [2.05, 4.69) is 0 Å². The van der Waals surface area contributed by atoms with Crippen LogP contribution in [0.15, 0.2) is 24.3 Å². The molecule has 0 amide bonds. The number of hydrogen-bond acceptors (Lipinski definition) is 2. The van der Waals surface area contributed by atoms with Crippen molar-refractivity contribution in [1.29, 1.82) is 4.78 Å². The Kier molecular flexibility index (Phi) is 2.47. The lowest BCUT2D eigenvalue weighted by molar-refractivity contribution is 0.615. The lowest BCUT2D eigenvalue weighted by Gasteiger charge is -2.01. The minimum absolute atomic E-state index is 0.0142. The second-order valence-electron chi connectivity index (χ2n) is 2.74. The molecule has 1 aromatic rings. The van der Waals surface area contributed by atoms with E-state index < -0.39 is 9.73 Å². The molecular formula is C8H10FNOS.